The van der Waals surface area contributed by atoms with E-state index < -0.39 is 0 Å². The molecule has 3 rings (SSSR count). The van der Waals surface area contributed by atoms with Crippen LogP contribution >= 0.6 is 11.6 Å². The van der Waals surface area contributed by atoms with Gasteiger partial charge in [-0.15, -0.1) is 0 Å². The van der Waals surface area contributed by atoms with E-state index in [0.29, 0.717) is 17.0 Å². The molecule has 1 fully saturated rings. The summed E-state index contributed by atoms with van der Waals surface area (Å²) in [6.45, 7) is 8.95. The van der Waals surface area contributed by atoms with Gasteiger partial charge in [-0.1, -0.05) is 11.6 Å². The molecule has 0 amide bonds. The number of nitrogens with zero attached hydrogens (tertiary/aromatic N) is 2. The molecule has 0 bridgehead atoms. The summed E-state index contributed by atoms with van der Waals surface area (Å²) in [5.41, 5.74) is 1.11. The Morgan fingerprint density at radius 1 is 1.04 bits per heavy atom. The number of nitrogens with one attached hydrogen (secondary N) is 3. The molecule has 6 heteroatoms. The SMILES string of the molecule is CC1(C)CC(Nc2nccc(Nc3ccc(Cl)cc3)n2)CC(C)(C)N1. The first-order valence-corrected chi connectivity index (χ1v) is 9.00. The lowest BCUT2D eigenvalue weighted by molar-refractivity contribution is 0.170. The van der Waals surface area contributed by atoms with Crippen molar-refractivity contribution in [2.75, 3.05) is 10.6 Å². The minimum absolute atomic E-state index is 0.0819. The van der Waals surface area contributed by atoms with E-state index in [1.54, 1.807) is 6.20 Å². The van der Waals surface area contributed by atoms with Gasteiger partial charge >= 0.3 is 0 Å². The highest BCUT2D eigenvalue weighted by molar-refractivity contribution is 6.30. The lowest BCUT2D eigenvalue weighted by atomic mass is 9.80. The quantitative estimate of drug-likeness (QED) is 0.745. The maximum absolute atomic E-state index is 5.93. The number of hydrogen-bond donors (Lipinski definition) is 3. The fourth-order valence-corrected chi connectivity index (χ4v) is 3.91. The standard InChI is InChI=1S/C19H26ClN5/c1-18(2)11-15(12-19(3,4)25-18)23-17-21-10-9-16(24-17)22-14-7-5-13(20)6-8-14/h5-10,15,25H,11-12H2,1-4H3,(H2,21,22,23,24). The number of hydrogen-bond acceptors (Lipinski definition) is 5. The van der Waals surface area contributed by atoms with Crippen LogP contribution in [0.1, 0.15) is 40.5 Å². The molecule has 1 aliphatic rings. The van der Waals surface area contributed by atoms with Gasteiger partial charge in [-0.3, -0.25) is 0 Å². The first kappa shape index (κ1) is 18.0. The largest absolute Gasteiger partial charge is 0.351 e. The number of anilines is 3. The lowest BCUT2D eigenvalue weighted by Crippen LogP contribution is -2.60. The number of benzene rings is 1. The van der Waals surface area contributed by atoms with Crippen LogP contribution in [0.3, 0.4) is 0 Å². The molecule has 2 aromatic rings. The Morgan fingerprint density at radius 2 is 1.68 bits per heavy atom. The van der Waals surface area contributed by atoms with Gasteiger partial charge < -0.3 is 16.0 Å². The fraction of sp³-hybridized carbons (Fsp3) is 0.474. The van der Waals surface area contributed by atoms with E-state index in [9.17, 15) is 0 Å². The van der Waals surface area contributed by atoms with Crippen molar-refractivity contribution in [1.82, 2.24) is 15.3 Å². The molecule has 0 unspecified atom stereocenters. The Kier molecular flexibility index (Phi) is 4.89. The van der Waals surface area contributed by atoms with E-state index >= 15 is 0 Å². The zero-order valence-electron chi connectivity index (χ0n) is 15.2. The van der Waals surface area contributed by atoms with Crippen molar-refractivity contribution in [3.05, 3.63) is 41.6 Å². The van der Waals surface area contributed by atoms with Crippen LogP contribution in [-0.4, -0.2) is 27.1 Å². The number of halogens is 1. The number of piperidine rings is 1. The molecule has 3 N–H and O–H groups in total. The second-order valence-corrected chi connectivity index (χ2v) is 8.48. The van der Waals surface area contributed by atoms with Gasteiger partial charge in [-0.25, -0.2) is 4.98 Å². The molecule has 5 nitrogen and oxygen atoms in total. The zero-order valence-corrected chi connectivity index (χ0v) is 16.0. The van der Waals surface area contributed by atoms with Crippen LogP contribution in [-0.2, 0) is 0 Å². The van der Waals surface area contributed by atoms with Gasteiger partial charge in [-0.2, -0.15) is 4.98 Å². The van der Waals surface area contributed by atoms with Crippen LogP contribution in [0.4, 0.5) is 17.5 Å². The molecule has 0 aliphatic carbocycles. The maximum atomic E-state index is 5.93. The molecule has 0 atom stereocenters. The number of aromatic nitrogens is 2. The summed E-state index contributed by atoms with van der Waals surface area (Å²) in [5, 5.41) is 11.2. The van der Waals surface area contributed by atoms with E-state index in [1.807, 2.05) is 30.3 Å². The lowest BCUT2D eigenvalue weighted by Gasteiger charge is -2.46. The second kappa shape index (κ2) is 6.81. The molecule has 1 saturated heterocycles. The van der Waals surface area contributed by atoms with Crippen molar-refractivity contribution in [3.8, 4) is 0 Å². The predicted octanol–water partition coefficient (Wildman–Crippen LogP) is 4.59. The third-order valence-corrected chi connectivity index (χ3v) is 4.55. The van der Waals surface area contributed by atoms with Gasteiger partial charge in [0, 0.05) is 34.0 Å². The van der Waals surface area contributed by atoms with E-state index in [-0.39, 0.29) is 11.1 Å². The average Bonchev–Trinajstić information content (AvgIpc) is 2.47. The molecular formula is C19H26ClN5. The molecule has 1 aromatic heterocycles. The second-order valence-electron chi connectivity index (χ2n) is 8.04. The highest BCUT2D eigenvalue weighted by Gasteiger charge is 2.37. The monoisotopic (exact) mass is 359 g/mol. The fourth-order valence-electron chi connectivity index (χ4n) is 3.79. The van der Waals surface area contributed by atoms with Gasteiger partial charge in [-0.05, 0) is 70.9 Å². The predicted molar refractivity (Wildman–Crippen MR) is 105 cm³/mol. The van der Waals surface area contributed by atoms with Crippen molar-refractivity contribution in [1.29, 1.82) is 0 Å². The molecule has 0 spiro atoms. The van der Waals surface area contributed by atoms with E-state index in [0.717, 1.165) is 24.3 Å². The van der Waals surface area contributed by atoms with Gasteiger partial charge in [0.25, 0.3) is 0 Å². The smallest absolute Gasteiger partial charge is 0.224 e. The Morgan fingerprint density at radius 3 is 2.32 bits per heavy atom. The topological polar surface area (TPSA) is 61.9 Å². The van der Waals surface area contributed by atoms with Crippen LogP contribution in [0.5, 0.6) is 0 Å². The highest BCUT2D eigenvalue weighted by Crippen LogP contribution is 2.30. The Labute approximate surface area is 154 Å². The number of rotatable bonds is 4. The van der Waals surface area contributed by atoms with Crippen molar-refractivity contribution in [2.24, 2.45) is 0 Å². The summed E-state index contributed by atoms with van der Waals surface area (Å²) in [7, 11) is 0. The zero-order chi connectivity index (χ0) is 18.1. The minimum atomic E-state index is 0.0819. The van der Waals surface area contributed by atoms with Gasteiger partial charge in [0.05, 0.1) is 0 Å². The molecule has 0 saturated carbocycles. The van der Waals surface area contributed by atoms with Crippen molar-refractivity contribution in [3.63, 3.8) is 0 Å². The third kappa shape index (κ3) is 5.06. The summed E-state index contributed by atoms with van der Waals surface area (Å²) in [6.07, 6.45) is 3.81. The van der Waals surface area contributed by atoms with Crippen molar-refractivity contribution >= 4 is 29.1 Å². The molecule has 0 radical (unpaired) electrons. The van der Waals surface area contributed by atoms with E-state index in [2.05, 4.69) is 53.6 Å². The first-order chi connectivity index (χ1) is 11.7. The summed E-state index contributed by atoms with van der Waals surface area (Å²) in [4.78, 5) is 8.97. The van der Waals surface area contributed by atoms with Gasteiger partial charge in [0.15, 0.2) is 0 Å². The van der Waals surface area contributed by atoms with Gasteiger partial charge in [0.2, 0.25) is 5.95 Å². The van der Waals surface area contributed by atoms with E-state index in [1.165, 1.54) is 0 Å². The van der Waals surface area contributed by atoms with Crippen LogP contribution in [0.2, 0.25) is 5.02 Å². The van der Waals surface area contributed by atoms with Crippen molar-refractivity contribution < 1.29 is 0 Å². The highest BCUT2D eigenvalue weighted by atomic mass is 35.5. The van der Waals surface area contributed by atoms with Crippen LogP contribution in [0.25, 0.3) is 0 Å². The molecule has 2 heterocycles. The average molecular weight is 360 g/mol. The summed E-state index contributed by atoms with van der Waals surface area (Å²) >= 11 is 5.93. The Hall–Kier alpha value is -1.85. The Bertz CT molecular complexity index is 711. The summed E-state index contributed by atoms with van der Waals surface area (Å²) in [6, 6.07) is 9.74. The molecular weight excluding hydrogens is 334 g/mol. The van der Waals surface area contributed by atoms with Crippen LogP contribution < -0.4 is 16.0 Å². The first-order valence-electron chi connectivity index (χ1n) is 8.62. The third-order valence-electron chi connectivity index (χ3n) is 4.30. The summed E-state index contributed by atoms with van der Waals surface area (Å²) < 4.78 is 0. The molecule has 25 heavy (non-hydrogen) atoms. The van der Waals surface area contributed by atoms with Crippen molar-refractivity contribution in [2.45, 2.75) is 57.7 Å². The minimum Gasteiger partial charge on any atom is -0.351 e. The molecule has 1 aromatic carbocycles. The molecule has 1 aliphatic heterocycles. The van der Waals surface area contributed by atoms with Crippen LogP contribution in [0, 0.1) is 0 Å². The van der Waals surface area contributed by atoms with Gasteiger partial charge in [0.1, 0.15) is 5.82 Å². The molecule has 134 valence electrons. The summed E-state index contributed by atoms with van der Waals surface area (Å²) in [5.74, 6) is 1.41. The van der Waals surface area contributed by atoms with E-state index in [4.69, 9.17) is 11.6 Å². The Balaban J connectivity index is 1.70. The van der Waals surface area contributed by atoms with Crippen LogP contribution in [0.15, 0.2) is 36.5 Å². The maximum Gasteiger partial charge on any atom is 0.224 e. The normalized spacial score (nSPS) is 19.4.